The smallest absolute Gasteiger partial charge is 0.256 e. The number of anilines is 2. The summed E-state index contributed by atoms with van der Waals surface area (Å²) in [6, 6.07) is 12.9. The minimum absolute atomic E-state index is 0.0684. The summed E-state index contributed by atoms with van der Waals surface area (Å²) >= 11 is 0. The molecule has 162 valence electrons. The molecule has 1 unspecified atom stereocenters. The number of amides is 3. The zero-order valence-corrected chi connectivity index (χ0v) is 17.9. The summed E-state index contributed by atoms with van der Waals surface area (Å²) < 4.78 is 5.32. The highest BCUT2D eigenvalue weighted by atomic mass is 16.5. The van der Waals surface area contributed by atoms with Gasteiger partial charge in [-0.1, -0.05) is 18.2 Å². The fourth-order valence-electron chi connectivity index (χ4n) is 3.98. The Bertz CT molecular complexity index is 1010. The predicted molar refractivity (Wildman–Crippen MR) is 118 cm³/mol. The van der Waals surface area contributed by atoms with E-state index in [1.54, 1.807) is 34.1 Å². The van der Waals surface area contributed by atoms with Gasteiger partial charge in [-0.2, -0.15) is 0 Å². The van der Waals surface area contributed by atoms with Crippen LogP contribution in [0.4, 0.5) is 11.4 Å². The van der Waals surface area contributed by atoms with Crippen molar-refractivity contribution in [2.45, 2.75) is 20.3 Å². The summed E-state index contributed by atoms with van der Waals surface area (Å²) in [5.74, 6) is -0.915. The lowest BCUT2D eigenvalue weighted by molar-refractivity contribution is -0.122. The molecule has 2 saturated heterocycles. The quantitative estimate of drug-likeness (QED) is 0.823. The average Bonchev–Trinajstić information content (AvgIpc) is 3.18. The number of carbonyl (C=O) groups excluding carboxylic acids is 3. The SMILES string of the molecule is Cc1ccc(N2CC(C(=O)Nc3ccccc3C(=O)N3CCOCC3)CC2=O)cc1C. The van der Waals surface area contributed by atoms with Gasteiger partial charge in [0, 0.05) is 31.7 Å². The van der Waals surface area contributed by atoms with Gasteiger partial charge in [-0.15, -0.1) is 0 Å². The van der Waals surface area contributed by atoms with E-state index < -0.39 is 5.92 Å². The number of morpholine rings is 1. The number of para-hydroxylation sites is 1. The van der Waals surface area contributed by atoms with Crippen LogP contribution in [0.5, 0.6) is 0 Å². The van der Waals surface area contributed by atoms with Crippen molar-refractivity contribution in [1.82, 2.24) is 4.90 Å². The summed E-state index contributed by atoms with van der Waals surface area (Å²) in [5, 5.41) is 2.89. The minimum Gasteiger partial charge on any atom is -0.378 e. The molecular formula is C24H27N3O4. The van der Waals surface area contributed by atoms with Crippen molar-refractivity contribution >= 4 is 29.1 Å². The van der Waals surface area contributed by atoms with Crippen LogP contribution in [0.3, 0.4) is 0 Å². The third-order valence-corrected chi connectivity index (χ3v) is 6.01. The maximum absolute atomic E-state index is 13.0. The van der Waals surface area contributed by atoms with E-state index in [1.807, 2.05) is 32.0 Å². The molecule has 2 heterocycles. The molecule has 0 radical (unpaired) electrons. The lowest BCUT2D eigenvalue weighted by Gasteiger charge is -2.27. The van der Waals surface area contributed by atoms with E-state index in [0.29, 0.717) is 44.1 Å². The highest BCUT2D eigenvalue weighted by Gasteiger charge is 2.35. The zero-order valence-electron chi connectivity index (χ0n) is 17.9. The molecule has 0 aromatic heterocycles. The molecule has 1 atom stereocenters. The molecule has 2 aliphatic rings. The Morgan fingerprint density at radius 1 is 1.03 bits per heavy atom. The average molecular weight is 421 g/mol. The molecule has 2 aliphatic heterocycles. The highest BCUT2D eigenvalue weighted by Crippen LogP contribution is 2.28. The van der Waals surface area contributed by atoms with Gasteiger partial charge >= 0.3 is 0 Å². The van der Waals surface area contributed by atoms with Crippen molar-refractivity contribution in [2.24, 2.45) is 5.92 Å². The second-order valence-electron chi connectivity index (χ2n) is 8.11. The Morgan fingerprint density at radius 3 is 2.52 bits per heavy atom. The van der Waals surface area contributed by atoms with Crippen LogP contribution in [-0.2, 0) is 14.3 Å². The van der Waals surface area contributed by atoms with Gasteiger partial charge < -0.3 is 19.9 Å². The first kappa shape index (κ1) is 21.1. The first-order valence-electron chi connectivity index (χ1n) is 10.6. The van der Waals surface area contributed by atoms with E-state index in [9.17, 15) is 14.4 Å². The monoisotopic (exact) mass is 421 g/mol. The van der Waals surface area contributed by atoms with Crippen molar-refractivity contribution in [3.05, 3.63) is 59.2 Å². The number of carbonyl (C=O) groups is 3. The first-order chi connectivity index (χ1) is 14.9. The van der Waals surface area contributed by atoms with E-state index in [4.69, 9.17) is 4.74 Å². The van der Waals surface area contributed by atoms with Crippen molar-refractivity contribution in [3.8, 4) is 0 Å². The van der Waals surface area contributed by atoms with Gasteiger partial charge in [0.25, 0.3) is 5.91 Å². The van der Waals surface area contributed by atoms with Crippen molar-refractivity contribution in [2.75, 3.05) is 43.1 Å². The second kappa shape index (κ2) is 8.89. The molecule has 31 heavy (non-hydrogen) atoms. The standard InChI is InChI=1S/C24H27N3O4/c1-16-7-8-19(13-17(16)2)27-15-18(14-22(27)28)23(29)25-21-6-4-3-5-20(21)24(30)26-9-11-31-12-10-26/h3-8,13,18H,9-12,14-15H2,1-2H3,(H,25,29). The predicted octanol–water partition coefficient (Wildman–Crippen LogP) is 2.77. The molecule has 0 spiro atoms. The van der Waals surface area contributed by atoms with Gasteiger partial charge in [-0.25, -0.2) is 0 Å². The number of rotatable bonds is 4. The van der Waals surface area contributed by atoms with Crippen molar-refractivity contribution < 1.29 is 19.1 Å². The van der Waals surface area contributed by atoms with Gasteiger partial charge in [-0.05, 0) is 49.2 Å². The number of hydrogen-bond acceptors (Lipinski definition) is 4. The summed E-state index contributed by atoms with van der Waals surface area (Å²) in [6.07, 6.45) is 0.151. The normalized spacial score (nSPS) is 18.9. The molecule has 3 amide bonds. The Hall–Kier alpha value is -3.19. The number of nitrogens with zero attached hydrogens (tertiary/aromatic N) is 2. The van der Waals surface area contributed by atoms with Crippen LogP contribution in [0.15, 0.2) is 42.5 Å². The third kappa shape index (κ3) is 4.46. The Labute approximate surface area is 182 Å². The maximum Gasteiger partial charge on any atom is 0.256 e. The van der Waals surface area contributed by atoms with E-state index in [1.165, 1.54) is 0 Å². The van der Waals surface area contributed by atoms with E-state index in [0.717, 1.165) is 16.8 Å². The molecule has 0 aliphatic carbocycles. The lowest BCUT2D eigenvalue weighted by Crippen LogP contribution is -2.41. The van der Waals surface area contributed by atoms with Gasteiger partial charge in [0.05, 0.1) is 30.4 Å². The Morgan fingerprint density at radius 2 is 1.77 bits per heavy atom. The molecule has 1 N–H and O–H groups in total. The largest absolute Gasteiger partial charge is 0.378 e. The van der Waals surface area contributed by atoms with Crippen LogP contribution in [0.25, 0.3) is 0 Å². The molecule has 2 fully saturated rings. The molecule has 7 heteroatoms. The molecule has 2 aromatic carbocycles. The van der Waals surface area contributed by atoms with E-state index >= 15 is 0 Å². The summed E-state index contributed by atoms with van der Waals surface area (Å²) in [7, 11) is 0. The zero-order chi connectivity index (χ0) is 22.0. The van der Waals surface area contributed by atoms with Crippen LogP contribution < -0.4 is 10.2 Å². The fourth-order valence-corrected chi connectivity index (χ4v) is 3.98. The van der Waals surface area contributed by atoms with Crippen molar-refractivity contribution in [3.63, 3.8) is 0 Å². The number of benzene rings is 2. The number of hydrogen-bond donors (Lipinski definition) is 1. The van der Waals surface area contributed by atoms with Gasteiger partial charge in [0.2, 0.25) is 11.8 Å². The van der Waals surface area contributed by atoms with Crippen LogP contribution in [0.1, 0.15) is 27.9 Å². The highest BCUT2D eigenvalue weighted by molar-refractivity contribution is 6.07. The van der Waals surface area contributed by atoms with Gasteiger partial charge in [0.15, 0.2) is 0 Å². The summed E-state index contributed by atoms with van der Waals surface area (Å²) in [4.78, 5) is 41.9. The van der Waals surface area contributed by atoms with Gasteiger partial charge in [0.1, 0.15) is 0 Å². The van der Waals surface area contributed by atoms with Crippen LogP contribution in [0, 0.1) is 19.8 Å². The molecule has 2 aromatic rings. The topological polar surface area (TPSA) is 79.0 Å². The Kier molecular flexibility index (Phi) is 6.04. The van der Waals surface area contributed by atoms with Crippen LogP contribution >= 0.6 is 0 Å². The Balaban J connectivity index is 1.47. The summed E-state index contributed by atoms with van der Waals surface area (Å²) in [6.45, 7) is 6.44. The number of nitrogens with one attached hydrogen (secondary N) is 1. The maximum atomic E-state index is 13.0. The lowest BCUT2D eigenvalue weighted by atomic mass is 10.1. The van der Waals surface area contributed by atoms with Crippen molar-refractivity contribution in [1.29, 1.82) is 0 Å². The molecular weight excluding hydrogens is 394 g/mol. The molecule has 7 nitrogen and oxygen atoms in total. The third-order valence-electron chi connectivity index (χ3n) is 6.01. The fraction of sp³-hybridized carbons (Fsp3) is 0.375. The second-order valence-corrected chi connectivity index (χ2v) is 8.11. The van der Waals surface area contributed by atoms with Crippen LogP contribution in [-0.4, -0.2) is 55.5 Å². The number of ether oxygens (including phenoxy) is 1. The van der Waals surface area contributed by atoms with E-state index in [-0.39, 0.29) is 24.1 Å². The molecule has 0 saturated carbocycles. The number of aryl methyl sites for hydroxylation is 2. The van der Waals surface area contributed by atoms with Gasteiger partial charge in [-0.3, -0.25) is 14.4 Å². The van der Waals surface area contributed by atoms with Crippen LogP contribution in [0.2, 0.25) is 0 Å². The minimum atomic E-state index is -0.472. The summed E-state index contributed by atoms with van der Waals surface area (Å²) in [5.41, 5.74) is 4.00. The molecule has 0 bridgehead atoms. The first-order valence-corrected chi connectivity index (χ1v) is 10.6. The molecule has 4 rings (SSSR count). The van der Waals surface area contributed by atoms with E-state index in [2.05, 4.69) is 5.32 Å².